The van der Waals surface area contributed by atoms with Gasteiger partial charge in [0.2, 0.25) is 0 Å². The van der Waals surface area contributed by atoms with Crippen LogP contribution in [0.4, 0.5) is 0 Å². The average Bonchev–Trinajstić information content (AvgIpc) is 2.16. The molecule has 0 heterocycles. The number of fused-ring (bicyclic) bond motifs is 1. The normalized spacial score (nSPS) is 13.0. The van der Waals surface area contributed by atoms with Crippen LogP contribution in [0.15, 0.2) is 36.4 Å². The van der Waals surface area contributed by atoms with Crippen molar-refractivity contribution in [2.75, 3.05) is 0 Å². The minimum absolute atomic E-state index is 0.0169. The molecule has 0 aromatic heterocycles. The third-order valence-electron chi connectivity index (χ3n) is 2.39. The highest BCUT2D eigenvalue weighted by Gasteiger charge is 2.04. The first-order valence-electron chi connectivity index (χ1n) is 4.66. The summed E-state index contributed by atoms with van der Waals surface area (Å²) >= 11 is 0. The van der Waals surface area contributed by atoms with Crippen molar-refractivity contribution in [3.63, 3.8) is 0 Å². The van der Waals surface area contributed by atoms with Crippen molar-refractivity contribution in [3.05, 3.63) is 42.0 Å². The lowest BCUT2D eigenvalue weighted by molar-refractivity contribution is 0.476. The summed E-state index contributed by atoms with van der Waals surface area (Å²) in [4.78, 5) is 0. The van der Waals surface area contributed by atoms with Crippen LogP contribution in [-0.2, 0) is 0 Å². The number of phenols is 1. The summed E-state index contributed by atoms with van der Waals surface area (Å²) in [6, 6.07) is 11.3. The monoisotopic (exact) mass is 187 g/mol. The van der Waals surface area contributed by atoms with Gasteiger partial charge in [-0.3, -0.25) is 0 Å². The summed E-state index contributed by atoms with van der Waals surface area (Å²) in [6.07, 6.45) is 0. The van der Waals surface area contributed by atoms with Gasteiger partial charge in [-0.2, -0.15) is 0 Å². The molecule has 2 aromatic carbocycles. The Balaban J connectivity index is 2.75. The molecule has 0 aliphatic rings. The molecular weight excluding hydrogens is 174 g/mol. The van der Waals surface area contributed by atoms with Gasteiger partial charge in [0, 0.05) is 6.04 Å². The van der Waals surface area contributed by atoms with Crippen molar-refractivity contribution in [1.29, 1.82) is 0 Å². The quantitative estimate of drug-likeness (QED) is 0.720. The lowest BCUT2D eigenvalue weighted by Crippen LogP contribution is -2.05. The molecule has 0 saturated heterocycles. The molecule has 2 heteroatoms. The Labute approximate surface area is 83.0 Å². The van der Waals surface area contributed by atoms with E-state index in [9.17, 15) is 5.11 Å². The lowest BCUT2D eigenvalue weighted by Gasteiger charge is -2.09. The molecule has 0 unspecified atom stereocenters. The fourth-order valence-corrected chi connectivity index (χ4v) is 1.69. The van der Waals surface area contributed by atoms with Crippen LogP contribution < -0.4 is 5.73 Å². The molecule has 1 atom stereocenters. The minimum atomic E-state index is 0.0169. The van der Waals surface area contributed by atoms with Crippen LogP contribution in [0.3, 0.4) is 0 Å². The number of rotatable bonds is 1. The maximum atomic E-state index is 9.33. The third kappa shape index (κ3) is 1.44. The van der Waals surface area contributed by atoms with Crippen molar-refractivity contribution in [2.45, 2.75) is 13.0 Å². The molecule has 0 aliphatic heterocycles. The van der Waals surface area contributed by atoms with E-state index in [2.05, 4.69) is 0 Å². The zero-order valence-electron chi connectivity index (χ0n) is 8.07. The summed E-state index contributed by atoms with van der Waals surface area (Å²) in [7, 11) is 0. The zero-order valence-corrected chi connectivity index (χ0v) is 8.07. The van der Waals surface area contributed by atoms with Crippen molar-refractivity contribution in [1.82, 2.24) is 0 Å². The summed E-state index contributed by atoms with van der Waals surface area (Å²) in [5.74, 6) is 0.291. The summed E-state index contributed by atoms with van der Waals surface area (Å²) in [5, 5.41) is 11.5. The van der Waals surface area contributed by atoms with E-state index in [-0.39, 0.29) is 6.04 Å². The van der Waals surface area contributed by atoms with E-state index in [0.717, 1.165) is 16.3 Å². The molecule has 2 rings (SSSR count). The molecule has 0 bridgehead atoms. The van der Waals surface area contributed by atoms with Crippen LogP contribution in [0.25, 0.3) is 10.8 Å². The molecular formula is C12H13NO. The maximum absolute atomic E-state index is 9.33. The number of hydrogen-bond donors (Lipinski definition) is 2. The van der Waals surface area contributed by atoms with Crippen LogP contribution >= 0.6 is 0 Å². The first kappa shape index (κ1) is 9.03. The average molecular weight is 187 g/mol. The maximum Gasteiger partial charge on any atom is 0.116 e. The number of phenolic OH excluding ortho intramolecular Hbond substituents is 1. The van der Waals surface area contributed by atoms with E-state index in [1.165, 1.54) is 0 Å². The van der Waals surface area contributed by atoms with Gasteiger partial charge in [0.15, 0.2) is 0 Å². The van der Waals surface area contributed by atoms with E-state index in [0.29, 0.717) is 5.75 Å². The summed E-state index contributed by atoms with van der Waals surface area (Å²) in [5.41, 5.74) is 6.97. The van der Waals surface area contributed by atoms with Crippen LogP contribution in [0.2, 0.25) is 0 Å². The largest absolute Gasteiger partial charge is 0.508 e. The van der Waals surface area contributed by atoms with E-state index < -0.39 is 0 Å². The molecule has 0 radical (unpaired) electrons. The molecule has 0 aliphatic carbocycles. The van der Waals surface area contributed by atoms with Crippen LogP contribution in [0.5, 0.6) is 5.75 Å². The predicted molar refractivity (Wildman–Crippen MR) is 58.2 cm³/mol. The van der Waals surface area contributed by atoms with E-state index >= 15 is 0 Å². The highest BCUT2D eigenvalue weighted by Crippen LogP contribution is 2.25. The predicted octanol–water partition coefficient (Wildman–Crippen LogP) is 2.57. The molecule has 0 fully saturated rings. The van der Waals surface area contributed by atoms with Gasteiger partial charge >= 0.3 is 0 Å². The van der Waals surface area contributed by atoms with E-state index in [4.69, 9.17) is 5.73 Å². The summed E-state index contributed by atoms with van der Waals surface area (Å²) in [6.45, 7) is 1.96. The van der Waals surface area contributed by atoms with Gasteiger partial charge in [-0.05, 0) is 35.4 Å². The van der Waals surface area contributed by atoms with Gasteiger partial charge < -0.3 is 10.8 Å². The molecule has 0 amide bonds. The van der Waals surface area contributed by atoms with Gasteiger partial charge in [0.05, 0.1) is 0 Å². The highest BCUT2D eigenvalue weighted by molar-refractivity contribution is 5.87. The Morgan fingerprint density at radius 1 is 1.21 bits per heavy atom. The van der Waals surface area contributed by atoms with Crippen LogP contribution in [0, 0.1) is 0 Å². The molecule has 2 aromatic rings. The topological polar surface area (TPSA) is 46.2 Å². The molecule has 72 valence electrons. The first-order valence-corrected chi connectivity index (χ1v) is 4.66. The van der Waals surface area contributed by atoms with Crippen molar-refractivity contribution in [2.24, 2.45) is 5.73 Å². The fourth-order valence-electron chi connectivity index (χ4n) is 1.69. The van der Waals surface area contributed by atoms with Crippen molar-refractivity contribution < 1.29 is 5.11 Å². The standard InChI is InChI=1S/C12H13NO/c1-8(13)11-4-2-3-9-7-10(14)5-6-12(9)11/h2-8,14H,13H2,1H3/t8-/m0/s1. The minimum Gasteiger partial charge on any atom is -0.508 e. The SMILES string of the molecule is C[C@H](N)c1cccc2cc(O)ccc12. The zero-order chi connectivity index (χ0) is 10.1. The second kappa shape index (κ2) is 3.31. The molecule has 14 heavy (non-hydrogen) atoms. The van der Waals surface area contributed by atoms with Gasteiger partial charge in [0.1, 0.15) is 5.75 Å². The smallest absolute Gasteiger partial charge is 0.116 e. The van der Waals surface area contributed by atoms with Crippen LogP contribution in [0.1, 0.15) is 18.5 Å². The first-order chi connectivity index (χ1) is 6.68. The number of benzene rings is 2. The highest BCUT2D eigenvalue weighted by atomic mass is 16.3. The third-order valence-corrected chi connectivity index (χ3v) is 2.39. The number of nitrogens with two attached hydrogens (primary N) is 1. The van der Waals surface area contributed by atoms with Gasteiger partial charge in [-0.1, -0.05) is 24.3 Å². The second-order valence-corrected chi connectivity index (χ2v) is 3.54. The fraction of sp³-hybridized carbons (Fsp3) is 0.167. The van der Waals surface area contributed by atoms with Crippen molar-refractivity contribution >= 4 is 10.8 Å². The van der Waals surface area contributed by atoms with Gasteiger partial charge in [-0.25, -0.2) is 0 Å². The number of hydrogen-bond acceptors (Lipinski definition) is 2. The van der Waals surface area contributed by atoms with E-state index in [1.807, 2.05) is 31.2 Å². The number of aromatic hydroxyl groups is 1. The molecule has 0 spiro atoms. The van der Waals surface area contributed by atoms with Gasteiger partial charge in [0.25, 0.3) is 0 Å². The Hall–Kier alpha value is -1.54. The lowest BCUT2D eigenvalue weighted by atomic mass is 10.00. The Kier molecular flexibility index (Phi) is 2.14. The van der Waals surface area contributed by atoms with Crippen LogP contribution in [-0.4, -0.2) is 5.11 Å². The van der Waals surface area contributed by atoms with E-state index in [1.54, 1.807) is 12.1 Å². The summed E-state index contributed by atoms with van der Waals surface area (Å²) < 4.78 is 0. The molecule has 0 saturated carbocycles. The van der Waals surface area contributed by atoms with Gasteiger partial charge in [-0.15, -0.1) is 0 Å². The second-order valence-electron chi connectivity index (χ2n) is 3.54. The Bertz CT molecular complexity index is 463. The Morgan fingerprint density at radius 3 is 2.71 bits per heavy atom. The molecule has 3 N–H and O–H groups in total. The Morgan fingerprint density at radius 2 is 2.00 bits per heavy atom. The van der Waals surface area contributed by atoms with Crippen molar-refractivity contribution in [3.8, 4) is 5.75 Å². The molecule has 2 nitrogen and oxygen atoms in total.